The molecule has 2 aromatic rings. The van der Waals surface area contributed by atoms with Crippen LogP contribution < -0.4 is 0 Å². The lowest BCUT2D eigenvalue weighted by Gasteiger charge is -2.26. The van der Waals surface area contributed by atoms with Gasteiger partial charge in [-0.2, -0.15) is 14.8 Å². The molecule has 0 amide bonds. The molecule has 168 valence electrons. The van der Waals surface area contributed by atoms with Crippen LogP contribution in [0.25, 0.3) is 0 Å². The number of hydrogen-bond donors (Lipinski definition) is 2. The second kappa shape index (κ2) is 8.41. The molecule has 1 fully saturated rings. The van der Waals surface area contributed by atoms with Crippen LogP contribution in [0.3, 0.4) is 0 Å². The van der Waals surface area contributed by atoms with Gasteiger partial charge < -0.3 is 10.2 Å². The molecule has 9 nitrogen and oxygen atoms in total. The average Bonchev–Trinajstić information content (AvgIpc) is 3.13. The zero-order chi connectivity index (χ0) is 23.9. The Kier molecular flexibility index (Phi) is 6.32. The smallest absolute Gasteiger partial charge is 0.244 e. The normalized spacial score (nSPS) is 21.8. The van der Waals surface area contributed by atoms with Crippen molar-refractivity contribution in [1.29, 1.82) is 10.5 Å². The molecule has 0 aromatic heterocycles. The molecule has 0 spiro atoms. The number of hydrogen-bond acceptors (Lipinski definition) is 8. The fourth-order valence-electron chi connectivity index (χ4n) is 3.39. The van der Waals surface area contributed by atoms with Gasteiger partial charge in [0.1, 0.15) is 27.6 Å². The van der Waals surface area contributed by atoms with Gasteiger partial charge in [0.25, 0.3) is 0 Å². The third kappa shape index (κ3) is 3.97. The SMILES string of the molecule is N#Cc1ccc(S(=O)(=O)N2C[C@H](S(=O)(=O)c3ccc(C#N)c(F)c3)[C@@](O)(CO)C2)c(Cl)c1. The Balaban J connectivity index is 2.04. The molecule has 0 unspecified atom stereocenters. The standard InChI is InChI=1S/C19H15ClFN3O6S2/c20-15-5-12(7-22)1-4-17(15)32(29,30)24-9-18(19(26,10-24)11-25)31(27,28)14-3-2-13(8-23)16(21)6-14/h1-6,18,25-26H,9-11H2/t18-,19-/m0/s1. The van der Waals surface area contributed by atoms with Crippen LogP contribution >= 0.6 is 11.6 Å². The van der Waals surface area contributed by atoms with E-state index in [1.165, 1.54) is 6.07 Å². The molecular formula is C19H15ClFN3O6S2. The number of aliphatic hydroxyl groups is 2. The zero-order valence-corrected chi connectivity index (χ0v) is 18.5. The molecule has 1 heterocycles. The Labute approximate surface area is 188 Å². The molecule has 1 saturated heterocycles. The van der Waals surface area contributed by atoms with Gasteiger partial charge in [-0.15, -0.1) is 0 Å². The molecule has 3 rings (SSSR count). The van der Waals surface area contributed by atoms with Gasteiger partial charge in [0.2, 0.25) is 10.0 Å². The van der Waals surface area contributed by atoms with Crippen molar-refractivity contribution in [2.75, 3.05) is 19.7 Å². The predicted molar refractivity (Wildman–Crippen MR) is 109 cm³/mol. The van der Waals surface area contributed by atoms with E-state index in [4.69, 9.17) is 22.1 Å². The zero-order valence-electron chi connectivity index (χ0n) is 16.1. The maximum Gasteiger partial charge on any atom is 0.244 e. The summed E-state index contributed by atoms with van der Waals surface area (Å²) in [7, 11) is -8.97. The molecule has 2 N–H and O–H groups in total. The maximum atomic E-state index is 14.0. The van der Waals surface area contributed by atoms with Crippen LogP contribution in [0.1, 0.15) is 11.1 Å². The van der Waals surface area contributed by atoms with E-state index in [-0.39, 0.29) is 10.6 Å². The minimum absolute atomic E-state index is 0.102. The second-order valence-corrected chi connectivity index (χ2v) is 11.5. The average molecular weight is 500 g/mol. The van der Waals surface area contributed by atoms with Crippen LogP contribution in [0, 0.1) is 28.5 Å². The van der Waals surface area contributed by atoms with Gasteiger partial charge in [0.15, 0.2) is 9.84 Å². The van der Waals surface area contributed by atoms with Gasteiger partial charge in [-0.1, -0.05) is 11.6 Å². The third-order valence-corrected chi connectivity index (χ3v) is 9.68. The summed E-state index contributed by atoms with van der Waals surface area (Å²) in [6.07, 6.45) is 0. The third-order valence-electron chi connectivity index (χ3n) is 5.14. The molecule has 2 aromatic carbocycles. The summed E-state index contributed by atoms with van der Waals surface area (Å²) in [6.45, 7) is -2.62. The summed E-state index contributed by atoms with van der Waals surface area (Å²) < 4.78 is 67.0. The van der Waals surface area contributed by atoms with Crippen molar-refractivity contribution in [3.05, 3.63) is 58.4 Å². The van der Waals surface area contributed by atoms with Crippen LogP contribution in [-0.4, -0.2) is 61.9 Å². The summed E-state index contributed by atoms with van der Waals surface area (Å²) in [6, 6.07) is 9.26. The van der Waals surface area contributed by atoms with E-state index in [0.717, 1.165) is 24.3 Å². The number of β-amino-alcohol motifs (C(OH)–C–C–N with tert-alkyl or cyclic N) is 1. The largest absolute Gasteiger partial charge is 0.393 e. The number of aliphatic hydroxyl groups excluding tert-OH is 1. The van der Waals surface area contributed by atoms with E-state index >= 15 is 0 Å². The number of sulfonamides is 1. The molecule has 0 radical (unpaired) electrons. The van der Waals surface area contributed by atoms with Crippen molar-refractivity contribution >= 4 is 31.5 Å². The summed E-state index contributed by atoms with van der Waals surface area (Å²) in [5.41, 5.74) is -2.69. The number of benzene rings is 2. The quantitative estimate of drug-likeness (QED) is 0.610. The first-order chi connectivity index (χ1) is 14.9. The molecule has 0 saturated carbocycles. The van der Waals surface area contributed by atoms with Gasteiger partial charge in [-0.25, -0.2) is 21.2 Å². The fraction of sp³-hybridized carbons (Fsp3) is 0.263. The first-order valence-electron chi connectivity index (χ1n) is 8.87. The Morgan fingerprint density at radius 1 is 1.16 bits per heavy atom. The first kappa shape index (κ1) is 24.1. The van der Waals surface area contributed by atoms with Gasteiger partial charge in [-0.3, -0.25) is 0 Å². The lowest BCUT2D eigenvalue weighted by molar-refractivity contribution is 0.00159. The second-order valence-electron chi connectivity index (χ2n) is 7.10. The van der Waals surface area contributed by atoms with Crippen molar-refractivity contribution < 1.29 is 31.4 Å². The summed E-state index contributed by atoms with van der Waals surface area (Å²) in [5.74, 6) is -1.10. The van der Waals surface area contributed by atoms with E-state index in [2.05, 4.69) is 0 Å². The Hall–Kier alpha value is -2.58. The van der Waals surface area contributed by atoms with Crippen molar-refractivity contribution in [3.63, 3.8) is 0 Å². The minimum Gasteiger partial charge on any atom is -0.393 e. The Morgan fingerprint density at radius 2 is 1.84 bits per heavy atom. The molecule has 32 heavy (non-hydrogen) atoms. The number of nitriles is 2. The van der Waals surface area contributed by atoms with Crippen LogP contribution in [-0.2, 0) is 19.9 Å². The van der Waals surface area contributed by atoms with Gasteiger partial charge in [0.05, 0.1) is 33.7 Å². The van der Waals surface area contributed by atoms with Crippen molar-refractivity contribution in [2.24, 2.45) is 0 Å². The lowest BCUT2D eigenvalue weighted by Crippen LogP contribution is -2.49. The van der Waals surface area contributed by atoms with Gasteiger partial charge >= 0.3 is 0 Å². The van der Waals surface area contributed by atoms with E-state index in [9.17, 15) is 31.4 Å². The predicted octanol–water partition coefficient (Wildman–Crippen LogP) is 0.793. The summed E-state index contributed by atoms with van der Waals surface area (Å²) in [5, 5.41) is 36.1. The number of nitrogens with zero attached hydrogens (tertiary/aromatic N) is 3. The summed E-state index contributed by atoms with van der Waals surface area (Å²) >= 11 is 5.99. The van der Waals surface area contributed by atoms with Crippen LogP contribution in [0.4, 0.5) is 4.39 Å². The van der Waals surface area contributed by atoms with Crippen LogP contribution in [0.15, 0.2) is 46.2 Å². The molecule has 13 heteroatoms. The van der Waals surface area contributed by atoms with E-state index < -0.39 is 71.6 Å². The van der Waals surface area contributed by atoms with E-state index in [1.807, 2.05) is 0 Å². The van der Waals surface area contributed by atoms with Crippen molar-refractivity contribution in [1.82, 2.24) is 4.31 Å². The van der Waals surface area contributed by atoms with E-state index in [0.29, 0.717) is 10.4 Å². The van der Waals surface area contributed by atoms with Crippen molar-refractivity contribution in [2.45, 2.75) is 20.6 Å². The highest BCUT2D eigenvalue weighted by molar-refractivity contribution is 7.92. The monoisotopic (exact) mass is 499 g/mol. The van der Waals surface area contributed by atoms with Crippen LogP contribution in [0.5, 0.6) is 0 Å². The highest BCUT2D eigenvalue weighted by atomic mass is 35.5. The maximum absolute atomic E-state index is 14.0. The molecule has 0 bridgehead atoms. The minimum atomic E-state index is -4.54. The van der Waals surface area contributed by atoms with Crippen molar-refractivity contribution in [3.8, 4) is 12.1 Å². The van der Waals surface area contributed by atoms with Gasteiger partial charge in [-0.05, 0) is 36.4 Å². The lowest BCUT2D eigenvalue weighted by atomic mass is 10.1. The Bertz CT molecular complexity index is 1380. The number of halogens is 2. The molecule has 2 atom stereocenters. The number of sulfone groups is 1. The fourth-order valence-corrected chi connectivity index (χ4v) is 7.48. The highest BCUT2D eigenvalue weighted by Gasteiger charge is 2.55. The molecule has 1 aliphatic heterocycles. The van der Waals surface area contributed by atoms with E-state index in [1.54, 1.807) is 12.1 Å². The Morgan fingerprint density at radius 3 is 2.38 bits per heavy atom. The molecule has 1 aliphatic rings. The topological polar surface area (TPSA) is 160 Å². The summed E-state index contributed by atoms with van der Waals surface area (Å²) in [4.78, 5) is -0.998. The molecule has 0 aliphatic carbocycles. The number of rotatable bonds is 5. The van der Waals surface area contributed by atoms with Crippen LogP contribution in [0.2, 0.25) is 5.02 Å². The molecular weight excluding hydrogens is 485 g/mol. The first-order valence-corrected chi connectivity index (χ1v) is 12.2. The highest BCUT2D eigenvalue weighted by Crippen LogP contribution is 2.36. The van der Waals surface area contributed by atoms with Gasteiger partial charge in [0, 0.05) is 13.1 Å².